The van der Waals surface area contributed by atoms with Crippen LogP contribution in [0.3, 0.4) is 0 Å². The number of methoxy groups -OCH3 is 1. The summed E-state index contributed by atoms with van der Waals surface area (Å²) in [5.41, 5.74) is 1.10. The molecule has 2 aliphatic rings. The summed E-state index contributed by atoms with van der Waals surface area (Å²) < 4.78 is 5.06. The van der Waals surface area contributed by atoms with Gasteiger partial charge in [-0.25, -0.2) is 4.98 Å². The van der Waals surface area contributed by atoms with E-state index in [0.29, 0.717) is 11.9 Å². The van der Waals surface area contributed by atoms with Crippen molar-refractivity contribution in [1.29, 1.82) is 0 Å². The molecular weight excluding hydrogens is 214 g/mol. The van der Waals surface area contributed by atoms with Gasteiger partial charge in [-0.3, -0.25) is 4.90 Å². The van der Waals surface area contributed by atoms with Gasteiger partial charge in [0.05, 0.1) is 19.0 Å². The lowest BCUT2D eigenvalue weighted by molar-refractivity contribution is 0.318. The zero-order valence-electron chi connectivity index (χ0n) is 10.2. The molecule has 0 saturated carbocycles. The van der Waals surface area contributed by atoms with Crippen LogP contribution < -0.4 is 10.1 Å². The Morgan fingerprint density at radius 3 is 3.06 bits per heavy atom. The highest BCUT2D eigenvalue weighted by Crippen LogP contribution is 2.30. The Balaban J connectivity index is 1.66. The Hall–Kier alpha value is -1.29. The summed E-state index contributed by atoms with van der Waals surface area (Å²) in [6.07, 6.45) is 5.79. The van der Waals surface area contributed by atoms with Crippen LogP contribution in [0.15, 0.2) is 18.3 Å². The molecule has 2 atom stereocenters. The van der Waals surface area contributed by atoms with E-state index >= 15 is 0 Å². The molecule has 3 rings (SSSR count). The third-order valence-corrected chi connectivity index (χ3v) is 3.90. The van der Waals surface area contributed by atoms with Crippen molar-refractivity contribution in [3.05, 3.63) is 18.3 Å². The van der Waals surface area contributed by atoms with Crippen molar-refractivity contribution in [2.45, 2.75) is 31.3 Å². The highest BCUT2D eigenvalue weighted by atomic mass is 16.5. The van der Waals surface area contributed by atoms with Gasteiger partial charge in [0.15, 0.2) is 0 Å². The van der Waals surface area contributed by atoms with Crippen LogP contribution in [0.4, 0.5) is 5.69 Å². The van der Waals surface area contributed by atoms with Crippen LogP contribution in [0.1, 0.15) is 19.3 Å². The third-order valence-electron chi connectivity index (χ3n) is 3.90. The quantitative estimate of drug-likeness (QED) is 0.863. The van der Waals surface area contributed by atoms with Crippen molar-refractivity contribution in [1.82, 2.24) is 9.88 Å². The van der Waals surface area contributed by atoms with Gasteiger partial charge in [0.1, 0.15) is 0 Å². The molecule has 4 heteroatoms. The molecule has 1 aromatic heterocycles. The van der Waals surface area contributed by atoms with E-state index in [4.69, 9.17) is 4.74 Å². The Morgan fingerprint density at radius 2 is 2.29 bits per heavy atom. The molecule has 17 heavy (non-hydrogen) atoms. The van der Waals surface area contributed by atoms with Gasteiger partial charge in [-0.1, -0.05) is 0 Å². The Kier molecular flexibility index (Phi) is 2.89. The first kappa shape index (κ1) is 10.8. The van der Waals surface area contributed by atoms with Crippen molar-refractivity contribution in [2.24, 2.45) is 0 Å². The lowest BCUT2D eigenvalue weighted by Gasteiger charge is -2.22. The van der Waals surface area contributed by atoms with Crippen molar-refractivity contribution in [3.8, 4) is 5.88 Å². The minimum Gasteiger partial charge on any atom is -0.481 e. The van der Waals surface area contributed by atoms with Gasteiger partial charge in [-0.2, -0.15) is 0 Å². The average Bonchev–Trinajstić information content (AvgIpc) is 2.95. The molecule has 1 N–H and O–H groups in total. The second-order valence-corrected chi connectivity index (χ2v) is 4.87. The maximum Gasteiger partial charge on any atom is 0.213 e. The van der Waals surface area contributed by atoms with E-state index in [-0.39, 0.29) is 0 Å². The summed E-state index contributed by atoms with van der Waals surface area (Å²) in [4.78, 5) is 6.83. The van der Waals surface area contributed by atoms with Crippen LogP contribution in [0.2, 0.25) is 0 Å². The first-order valence-electron chi connectivity index (χ1n) is 6.37. The largest absolute Gasteiger partial charge is 0.481 e. The minimum atomic E-state index is 0.590. The van der Waals surface area contributed by atoms with E-state index in [1.54, 1.807) is 7.11 Å². The smallest absolute Gasteiger partial charge is 0.213 e. The number of fused-ring (bicyclic) bond motifs is 1. The standard InChI is InChI=1S/C13H19N3O/c1-17-13-5-4-10(9-14-13)15-11-6-8-16-7-2-3-12(11)16/h4-5,9,11-12,15H,2-3,6-8H2,1H3. The average molecular weight is 233 g/mol. The van der Waals surface area contributed by atoms with Gasteiger partial charge in [0.25, 0.3) is 0 Å². The second kappa shape index (κ2) is 4.53. The number of nitrogens with one attached hydrogen (secondary N) is 1. The second-order valence-electron chi connectivity index (χ2n) is 4.87. The molecule has 2 fully saturated rings. The topological polar surface area (TPSA) is 37.4 Å². The molecule has 1 aromatic rings. The summed E-state index contributed by atoms with van der Waals surface area (Å²) in [7, 11) is 1.64. The molecule has 4 nitrogen and oxygen atoms in total. The number of hydrogen-bond donors (Lipinski definition) is 1. The van der Waals surface area contributed by atoms with Crippen LogP contribution in [0.5, 0.6) is 5.88 Å². The van der Waals surface area contributed by atoms with Gasteiger partial charge < -0.3 is 10.1 Å². The van der Waals surface area contributed by atoms with Crippen molar-refractivity contribution < 1.29 is 4.74 Å². The Bertz CT molecular complexity index is 379. The predicted molar refractivity (Wildman–Crippen MR) is 67.4 cm³/mol. The number of nitrogens with zero attached hydrogens (tertiary/aromatic N) is 2. The van der Waals surface area contributed by atoms with E-state index in [1.165, 1.54) is 32.4 Å². The van der Waals surface area contributed by atoms with Gasteiger partial charge >= 0.3 is 0 Å². The first-order valence-corrected chi connectivity index (χ1v) is 6.37. The van der Waals surface area contributed by atoms with Gasteiger partial charge in [-0.05, 0) is 31.9 Å². The zero-order valence-corrected chi connectivity index (χ0v) is 10.2. The number of anilines is 1. The number of rotatable bonds is 3. The number of pyridine rings is 1. The molecule has 2 saturated heterocycles. The van der Waals surface area contributed by atoms with Crippen molar-refractivity contribution in [2.75, 3.05) is 25.5 Å². The fourth-order valence-corrected chi connectivity index (χ4v) is 3.05. The van der Waals surface area contributed by atoms with Crippen molar-refractivity contribution in [3.63, 3.8) is 0 Å². The van der Waals surface area contributed by atoms with E-state index in [2.05, 4.69) is 15.2 Å². The fourth-order valence-electron chi connectivity index (χ4n) is 3.05. The van der Waals surface area contributed by atoms with Gasteiger partial charge in [0, 0.05) is 24.7 Å². The molecule has 2 aliphatic heterocycles. The molecule has 0 bridgehead atoms. The van der Waals surface area contributed by atoms with Crippen LogP contribution in [-0.4, -0.2) is 42.2 Å². The van der Waals surface area contributed by atoms with Crippen LogP contribution in [0, 0.1) is 0 Å². The molecule has 2 unspecified atom stereocenters. The number of aromatic nitrogens is 1. The molecule has 92 valence electrons. The zero-order chi connectivity index (χ0) is 11.7. The van der Waals surface area contributed by atoms with Crippen LogP contribution >= 0.6 is 0 Å². The van der Waals surface area contributed by atoms with E-state index < -0.39 is 0 Å². The predicted octanol–water partition coefficient (Wildman–Crippen LogP) is 1.74. The number of ether oxygens (including phenoxy) is 1. The van der Waals surface area contributed by atoms with Crippen LogP contribution in [0.25, 0.3) is 0 Å². The summed E-state index contributed by atoms with van der Waals surface area (Å²) >= 11 is 0. The van der Waals surface area contributed by atoms with Gasteiger partial charge in [-0.15, -0.1) is 0 Å². The van der Waals surface area contributed by atoms with E-state index in [9.17, 15) is 0 Å². The molecule has 0 spiro atoms. The molecule has 0 amide bonds. The highest BCUT2D eigenvalue weighted by Gasteiger charge is 2.36. The van der Waals surface area contributed by atoms with Crippen LogP contribution in [-0.2, 0) is 0 Å². The number of hydrogen-bond acceptors (Lipinski definition) is 4. The molecule has 3 heterocycles. The fraction of sp³-hybridized carbons (Fsp3) is 0.615. The molecule has 0 radical (unpaired) electrons. The van der Waals surface area contributed by atoms with Crippen molar-refractivity contribution >= 4 is 5.69 Å². The minimum absolute atomic E-state index is 0.590. The normalized spacial score (nSPS) is 28.1. The van der Waals surface area contributed by atoms with E-state index in [0.717, 1.165) is 11.7 Å². The molecular formula is C13H19N3O. The summed E-state index contributed by atoms with van der Waals surface area (Å²) in [6, 6.07) is 5.28. The SMILES string of the molecule is COc1ccc(NC2CCN3CCCC23)cn1. The highest BCUT2D eigenvalue weighted by molar-refractivity contribution is 5.43. The summed E-state index contributed by atoms with van der Waals surface area (Å²) in [5.74, 6) is 0.671. The third kappa shape index (κ3) is 2.09. The first-order chi connectivity index (χ1) is 8.36. The monoisotopic (exact) mass is 233 g/mol. The lowest BCUT2D eigenvalue weighted by Crippen LogP contribution is -2.33. The summed E-state index contributed by atoms with van der Waals surface area (Å²) in [5, 5.41) is 3.60. The summed E-state index contributed by atoms with van der Waals surface area (Å²) in [6.45, 7) is 2.52. The Labute approximate surface area is 102 Å². The maximum absolute atomic E-state index is 5.06. The molecule has 0 aromatic carbocycles. The Morgan fingerprint density at radius 1 is 1.35 bits per heavy atom. The lowest BCUT2D eigenvalue weighted by atomic mass is 10.1. The molecule has 0 aliphatic carbocycles. The van der Waals surface area contributed by atoms with Gasteiger partial charge in [0.2, 0.25) is 5.88 Å². The van der Waals surface area contributed by atoms with E-state index in [1.807, 2.05) is 18.3 Å². The maximum atomic E-state index is 5.06.